The lowest BCUT2D eigenvalue weighted by Gasteiger charge is -2.29. The third kappa shape index (κ3) is 2.34. The number of carbonyl (C=O) groups is 2. The fraction of sp³-hybridized carbons (Fsp3) is 0.385. The van der Waals surface area contributed by atoms with Crippen LogP contribution in [-0.2, 0) is 16.0 Å². The van der Waals surface area contributed by atoms with Crippen molar-refractivity contribution in [3.63, 3.8) is 0 Å². The minimum absolute atomic E-state index is 0.124. The highest BCUT2D eigenvalue weighted by Crippen LogP contribution is 2.30. The Balaban J connectivity index is 2.30. The summed E-state index contributed by atoms with van der Waals surface area (Å²) in [4.78, 5) is 24.6. The molecule has 2 amide bonds. The van der Waals surface area contributed by atoms with Crippen molar-refractivity contribution in [2.75, 3.05) is 18.0 Å². The molecule has 0 fully saturated rings. The number of nitrogens with one attached hydrogen (secondary N) is 1. The van der Waals surface area contributed by atoms with E-state index in [4.69, 9.17) is 0 Å². The Kier molecular flexibility index (Phi) is 3.60. The van der Waals surface area contributed by atoms with E-state index in [2.05, 4.69) is 5.32 Å². The van der Waals surface area contributed by atoms with Gasteiger partial charge in [0, 0.05) is 13.0 Å². The summed E-state index contributed by atoms with van der Waals surface area (Å²) in [7, 11) is 0. The van der Waals surface area contributed by atoms with E-state index in [-0.39, 0.29) is 24.0 Å². The van der Waals surface area contributed by atoms with Crippen LogP contribution >= 0.6 is 0 Å². The van der Waals surface area contributed by atoms with Crippen LogP contribution in [0.5, 0.6) is 0 Å². The Hall–Kier alpha value is -1.91. The summed E-state index contributed by atoms with van der Waals surface area (Å²) in [5.74, 6) is -0.939. The second-order valence-corrected chi connectivity index (χ2v) is 4.18. The molecular formula is C13H15FN2O2. The molecule has 0 saturated carbocycles. The molecule has 4 nitrogen and oxygen atoms in total. The minimum Gasteiger partial charge on any atom is -0.355 e. The Labute approximate surface area is 105 Å². The van der Waals surface area contributed by atoms with Crippen LogP contribution in [0.1, 0.15) is 18.9 Å². The normalized spacial score (nSPS) is 14.3. The summed E-state index contributed by atoms with van der Waals surface area (Å²) >= 11 is 0. The van der Waals surface area contributed by atoms with Gasteiger partial charge in [0.05, 0.1) is 5.69 Å². The van der Waals surface area contributed by atoms with Gasteiger partial charge < -0.3 is 5.32 Å². The van der Waals surface area contributed by atoms with Crippen LogP contribution in [0.3, 0.4) is 0 Å². The van der Waals surface area contributed by atoms with Gasteiger partial charge in [0.2, 0.25) is 11.8 Å². The topological polar surface area (TPSA) is 49.4 Å². The monoisotopic (exact) mass is 250 g/mol. The summed E-state index contributed by atoms with van der Waals surface area (Å²) in [6.07, 6.45) is 0.841. The molecule has 1 N–H and O–H groups in total. The highest BCUT2D eigenvalue weighted by Gasteiger charge is 2.28. The molecule has 0 spiro atoms. The van der Waals surface area contributed by atoms with E-state index in [9.17, 15) is 14.0 Å². The van der Waals surface area contributed by atoms with E-state index in [1.165, 1.54) is 11.0 Å². The molecule has 0 unspecified atom stereocenters. The maximum atomic E-state index is 13.8. The minimum atomic E-state index is -0.454. The van der Waals surface area contributed by atoms with Gasteiger partial charge in [-0.25, -0.2) is 4.39 Å². The molecule has 1 aliphatic heterocycles. The number of carbonyl (C=O) groups excluding carboxylic acids is 2. The number of anilines is 1. The molecule has 0 saturated heterocycles. The lowest BCUT2D eigenvalue weighted by atomic mass is 10.0. The number of hydrogen-bond acceptors (Lipinski definition) is 2. The zero-order valence-corrected chi connectivity index (χ0v) is 10.2. The van der Waals surface area contributed by atoms with E-state index in [1.807, 2.05) is 0 Å². The van der Waals surface area contributed by atoms with Crippen LogP contribution < -0.4 is 10.2 Å². The predicted molar refractivity (Wildman–Crippen MR) is 65.8 cm³/mol. The first kappa shape index (κ1) is 12.5. The van der Waals surface area contributed by atoms with Crippen molar-refractivity contribution < 1.29 is 14.0 Å². The molecule has 1 heterocycles. The third-order valence-electron chi connectivity index (χ3n) is 2.93. The maximum absolute atomic E-state index is 13.8. The molecule has 0 radical (unpaired) electrons. The number of rotatable bonds is 3. The molecule has 0 bridgehead atoms. The second-order valence-electron chi connectivity index (χ2n) is 4.18. The number of hydrogen-bond donors (Lipinski definition) is 1. The molecule has 1 aromatic rings. The van der Waals surface area contributed by atoms with Crippen LogP contribution in [0.15, 0.2) is 18.2 Å². The average molecular weight is 250 g/mol. The van der Waals surface area contributed by atoms with E-state index in [0.717, 1.165) is 5.56 Å². The van der Waals surface area contributed by atoms with Gasteiger partial charge in [-0.3, -0.25) is 14.5 Å². The largest absolute Gasteiger partial charge is 0.355 e. The SMILES string of the molecule is CCNC(=O)CN1C(=O)CCc2cccc(F)c21. The summed E-state index contributed by atoms with van der Waals surface area (Å²) in [6, 6.07) is 4.71. The van der Waals surface area contributed by atoms with Crippen molar-refractivity contribution in [2.45, 2.75) is 19.8 Å². The molecule has 96 valence electrons. The van der Waals surface area contributed by atoms with Gasteiger partial charge in [0.1, 0.15) is 12.4 Å². The Morgan fingerprint density at radius 2 is 2.22 bits per heavy atom. The van der Waals surface area contributed by atoms with Crippen LogP contribution in [0, 0.1) is 5.82 Å². The van der Waals surface area contributed by atoms with E-state index >= 15 is 0 Å². The highest BCUT2D eigenvalue weighted by atomic mass is 19.1. The number of amides is 2. The number of likely N-dealkylation sites (N-methyl/N-ethyl adjacent to an activating group) is 1. The quantitative estimate of drug-likeness (QED) is 0.877. The van der Waals surface area contributed by atoms with Gasteiger partial charge in [-0.1, -0.05) is 12.1 Å². The van der Waals surface area contributed by atoms with Crippen molar-refractivity contribution in [3.8, 4) is 0 Å². The van der Waals surface area contributed by atoms with Crippen molar-refractivity contribution in [2.24, 2.45) is 0 Å². The average Bonchev–Trinajstić information content (AvgIpc) is 2.33. The van der Waals surface area contributed by atoms with Crippen molar-refractivity contribution >= 4 is 17.5 Å². The number of halogens is 1. The number of nitrogens with zero attached hydrogens (tertiary/aromatic N) is 1. The molecule has 2 rings (SSSR count). The summed E-state index contributed by atoms with van der Waals surface area (Å²) in [5.41, 5.74) is 1.03. The molecular weight excluding hydrogens is 235 g/mol. The Morgan fingerprint density at radius 1 is 1.44 bits per heavy atom. The lowest BCUT2D eigenvalue weighted by molar-refractivity contribution is -0.124. The first-order valence-electron chi connectivity index (χ1n) is 5.98. The van der Waals surface area contributed by atoms with Crippen LogP contribution in [0.2, 0.25) is 0 Å². The smallest absolute Gasteiger partial charge is 0.240 e. The van der Waals surface area contributed by atoms with Crippen molar-refractivity contribution in [1.82, 2.24) is 5.32 Å². The van der Waals surface area contributed by atoms with Gasteiger partial charge in [0.25, 0.3) is 0 Å². The third-order valence-corrected chi connectivity index (χ3v) is 2.93. The maximum Gasteiger partial charge on any atom is 0.240 e. The highest BCUT2D eigenvalue weighted by molar-refractivity contribution is 6.01. The standard InChI is InChI=1S/C13H15FN2O2/c1-2-15-11(17)8-16-12(18)7-6-9-4-3-5-10(14)13(9)16/h3-5H,2,6-8H2,1H3,(H,15,17). The fourth-order valence-corrected chi connectivity index (χ4v) is 2.13. The van der Waals surface area contributed by atoms with Gasteiger partial charge in [-0.15, -0.1) is 0 Å². The Bertz CT molecular complexity index is 488. The zero-order chi connectivity index (χ0) is 13.1. The summed E-state index contributed by atoms with van der Waals surface area (Å²) in [6.45, 7) is 2.16. The van der Waals surface area contributed by atoms with Crippen LogP contribution in [0.25, 0.3) is 0 Å². The van der Waals surface area contributed by atoms with E-state index in [1.54, 1.807) is 19.1 Å². The Morgan fingerprint density at radius 3 is 2.94 bits per heavy atom. The van der Waals surface area contributed by atoms with Crippen LogP contribution in [-0.4, -0.2) is 24.9 Å². The molecule has 1 aromatic carbocycles. The fourth-order valence-electron chi connectivity index (χ4n) is 2.13. The van der Waals surface area contributed by atoms with E-state index < -0.39 is 5.82 Å². The number of fused-ring (bicyclic) bond motifs is 1. The summed E-state index contributed by atoms with van der Waals surface area (Å²) < 4.78 is 13.8. The van der Waals surface area contributed by atoms with Crippen molar-refractivity contribution in [3.05, 3.63) is 29.6 Å². The molecule has 0 atom stereocenters. The first-order valence-corrected chi connectivity index (χ1v) is 5.98. The van der Waals surface area contributed by atoms with Gasteiger partial charge in [-0.05, 0) is 25.0 Å². The molecule has 0 aromatic heterocycles. The number of benzene rings is 1. The van der Waals surface area contributed by atoms with Gasteiger partial charge in [-0.2, -0.15) is 0 Å². The van der Waals surface area contributed by atoms with Crippen LogP contribution in [0.4, 0.5) is 10.1 Å². The molecule has 0 aliphatic carbocycles. The lowest BCUT2D eigenvalue weighted by Crippen LogP contribution is -2.43. The zero-order valence-electron chi connectivity index (χ0n) is 10.2. The molecule has 18 heavy (non-hydrogen) atoms. The van der Waals surface area contributed by atoms with Gasteiger partial charge in [0.15, 0.2) is 0 Å². The second kappa shape index (κ2) is 5.16. The number of aryl methyl sites for hydroxylation is 1. The van der Waals surface area contributed by atoms with Crippen molar-refractivity contribution in [1.29, 1.82) is 0 Å². The van der Waals surface area contributed by atoms with E-state index in [0.29, 0.717) is 19.4 Å². The number of para-hydroxylation sites is 1. The predicted octanol–water partition coefficient (Wildman–Crippen LogP) is 1.24. The van der Waals surface area contributed by atoms with Gasteiger partial charge >= 0.3 is 0 Å². The molecule has 5 heteroatoms. The first-order chi connectivity index (χ1) is 8.63. The molecule has 1 aliphatic rings. The summed E-state index contributed by atoms with van der Waals surface area (Å²) in [5, 5.41) is 2.61.